The van der Waals surface area contributed by atoms with E-state index in [9.17, 15) is 0 Å². The third-order valence-corrected chi connectivity index (χ3v) is 31.0. The third kappa shape index (κ3) is 15.8. The van der Waals surface area contributed by atoms with Gasteiger partial charge in [0, 0.05) is 46.5 Å². The Bertz CT molecular complexity index is 6010. The molecular formula is C116H136N4+4. The monoisotopic (exact) mass is 1590 g/mol. The maximum atomic E-state index is 2.54. The van der Waals surface area contributed by atoms with Crippen LogP contribution < -0.4 is 18.3 Å². The first-order chi connectivity index (χ1) is 57.6. The highest BCUT2D eigenvalue weighted by Crippen LogP contribution is 2.54. The Morgan fingerprint density at radius 1 is 0.242 bits per heavy atom. The molecule has 0 saturated heterocycles. The second-order valence-electron chi connectivity index (χ2n) is 40.5. The third-order valence-electron chi connectivity index (χ3n) is 31.0. The standard InChI is InChI=1S/2C30H36N.2C28H32N/c1-19-7-9-26-25-10-8-23(22-11-13-30(4,5)14-12-22)16-24(25)17-27(26)29(19)28-15-20(2)21(3)18-31(28)6;1-19-10-11-25-24-9-7-8-23(22-12-14-30(4,5)15-13-22)26(24)17-27(25)29(19)28-16-20(2)21(3)18-31(28)6;1-18-15-26(29(4)17-20(18)3)27-19(2)14-24(21-10-6-5-7-11-21)28-23-13-9-8-12-22(23)16-25(27)28;1-18-13-14-24-25(27(18)26-15-19(2)20(3)17-29(26)4)16-22-11-8-12-23(28(22)24)21-9-6-5-7-10-21/h7-10,15-16,18,22H,11-14,17H2,1-6H3;7-11,16,18,22H,12-15,17H2,1-6H3;8-9,12-15,17,21H,5-7,10-11,16H2,1-4H3;8,11-15,17,21H,5-7,9-10,16H2,1-4H3/q4*+1. The van der Waals surface area contributed by atoms with Crippen LogP contribution in [0.5, 0.6) is 0 Å². The van der Waals surface area contributed by atoms with Crippen molar-refractivity contribution < 1.29 is 18.3 Å². The minimum absolute atomic E-state index is 0.514. The summed E-state index contributed by atoms with van der Waals surface area (Å²) in [5, 5.41) is 0. The molecule has 0 bridgehead atoms. The van der Waals surface area contributed by atoms with E-state index in [0.29, 0.717) is 10.8 Å². The number of pyridine rings is 4. The Morgan fingerprint density at radius 2 is 0.617 bits per heavy atom. The first-order valence-corrected chi connectivity index (χ1v) is 46.5. The highest BCUT2D eigenvalue weighted by atomic mass is 14.9. The molecule has 8 aromatic carbocycles. The Balaban J connectivity index is 0.000000114. The van der Waals surface area contributed by atoms with Crippen molar-refractivity contribution in [1.29, 1.82) is 0 Å². The number of benzene rings is 8. The summed E-state index contributed by atoms with van der Waals surface area (Å²) in [7, 11) is 8.77. The summed E-state index contributed by atoms with van der Waals surface area (Å²) >= 11 is 0. The van der Waals surface area contributed by atoms with Crippen LogP contribution in [0.25, 0.3) is 89.5 Å². The van der Waals surface area contributed by atoms with Crippen LogP contribution in [0.1, 0.15) is 300 Å². The lowest BCUT2D eigenvalue weighted by Gasteiger charge is -2.35. The second-order valence-corrected chi connectivity index (χ2v) is 40.5. The van der Waals surface area contributed by atoms with Gasteiger partial charge in [-0.05, 0) is 376 Å². The molecule has 8 aliphatic rings. The van der Waals surface area contributed by atoms with Gasteiger partial charge in [-0.15, -0.1) is 0 Å². The summed E-state index contributed by atoms with van der Waals surface area (Å²) in [6.45, 7) is 36.6. The molecule has 4 fully saturated rings. The van der Waals surface area contributed by atoms with Gasteiger partial charge in [-0.2, -0.15) is 0 Å². The quantitative estimate of drug-likeness (QED) is 0.135. The van der Waals surface area contributed by atoms with Crippen molar-refractivity contribution in [2.24, 2.45) is 39.0 Å². The normalized spacial score (nSPS) is 16.8. The van der Waals surface area contributed by atoms with Gasteiger partial charge in [-0.1, -0.05) is 188 Å². The molecule has 0 spiro atoms. The average Bonchev–Trinajstić information content (AvgIpc) is 1.58. The summed E-state index contributed by atoms with van der Waals surface area (Å²) < 4.78 is 9.27. The molecule has 4 saturated carbocycles. The van der Waals surface area contributed by atoms with Crippen LogP contribution in [-0.2, 0) is 53.9 Å². The first-order valence-electron chi connectivity index (χ1n) is 46.5. The van der Waals surface area contributed by atoms with Gasteiger partial charge in [0.25, 0.3) is 0 Å². The highest BCUT2D eigenvalue weighted by molar-refractivity contribution is 5.91. The maximum Gasteiger partial charge on any atom is 0.213 e. The fourth-order valence-electron chi connectivity index (χ4n) is 23.4. The number of aryl methyl sites for hydroxylation is 16. The van der Waals surface area contributed by atoms with E-state index >= 15 is 0 Å². The van der Waals surface area contributed by atoms with Gasteiger partial charge in [-0.25, -0.2) is 18.3 Å². The molecule has 4 aromatic heterocycles. The van der Waals surface area contributed by atoms with E-state index in [-0.39, 0.29) is 0 Å². The van der Waals surface area contributed by atoms with Gasteiger partial charge in [0.05, 0.1) is 22.3 Å². The SMILES string of the molecule is Cc1cc(-c2c(C)cc(C3CCCCC3)c3c2Cc2ccccc2-3)[n+](C)cc1C.Cc1cc(-c2c(C)ccc3c2Cc2c-3cccc2C2CCC(C)(C)CC2)[n+](C)cc1C.Cc1cc(-c2c(C)ccc3c2Cc2cc(C4CCC(C)(C)CC4)ccc2-3)[n+](C)cc1C.Cc1cc(-c2c(C)ccc3c2Cc2cccc(C4CCCCC4)c2-3)[n+](C)cc1C. The van der Waals surface area contributed by atoms with Crippen molar-refractivity contribution in [2.75, 3.05) is 0 Å². The minimum Gasteiger partial charge on any atom is -0.201 e. The van der Waals surface area contributed by atoms with Crippen LogP contribution in [0.4, 0.5) is 0 Å². The number of hydrogen-bond donors (Lipinski definition) is 0. The van der Waals surface area contributed by atoms with Crippen molar-refractivity contribution in [3.63, 3.8) is 0 Å². The zero-order valence-electron chi connectivity index (χ0n) is 76.8. The number of hydrogen-bond acceptors (Lipinski definition) is 0. The molecule has 0 amide bonds. The molecule has 120 heavy (non-hydrogen) atoms. The Hall–Kier alpha value is -9.64. The van der Waals surface area contributed by atoms with E-state index in [1.54, 1.807) is 44.5 Å². The molecule has 12 aromatic rings. The van der Waals surface area contributed by atoms with Gasteiger partial charge >= 0.3 is 0 Å². The van der Waals surface area contributed by atoms with Crippen molar-refractivity contribution in [3.05, 3.63) is 304 Å². The summed E-state index contributed by atoms with van der Waals surface area (Å²) in [4.78, 5) is 0. The van der Waals surface area contributed by atoms with Crippen LogP contribution in [0.2, 0.25) is 0 Å². The highest BCUT2D eigenvalue weighted by Gasteiger charge is 2.38. The van der Waals surface area contributed by atoms with E-state index in [0.717, 1.165) is 49.4 Å². The van der Waals surface area contributed by atoms with Crippen LogP contribution in [0.15, 0.2) is 170 Å². The van der Waals surface area contributed by atoms with Crippen molar-refractivity contribution in [3.8, 4) is 89.5 Å². The summed E-state index contributed by atoms with van der Waals surface area (Å²) in [5.41, 5.74) is 59.2. The summed E-state index contributed by atoms with van der Waals surface area (Å²) in [6, 6.07) is 56.8. The molecule has 0 aliphatic heterocycles. The Morgan fingerprint density at radius 3 is 1.13 bits per heavy atom. The average molecular weight is 1590 g/mol. The minimum atomic E-state index is 0.514. The van der Waals surface area contributed by atoms with E-state index < -0.39 is 0 Å². The van der Waals surface area contributed by atoms with E-state index in [1.807, 2.05) is 0 Å². The summed E-state index contributed by atoms with van der Waals surface area (Å²) in [5.74, 6) is 2.93. The van der Waals surface area contributed by atoms with E-state index in [1.165, 1.54) is 294 Å². The molecule has 4 nitrogen and oxygen atoms in total. The molecule has 0 unspecified atom stereocenters. The van der Waals surface area contributed by atoms with E-state index in [4.69, 9.17) is 0 Å². The largest absolute Gasteiger partial charge is 0.213 e. The predicted molar refractivity (Wildman–Crippen MR) is 504 cm³/mol. The Kier molecular flexibility index (Phi) is 22.9. The number of nitrogens with zero attached hydrogens (tertiary/aromatic N) is 4. The topological polar surface area (TPSA) is 15.5 Å². The zero-order chi connectivity index (χ0) is 84.1. The van der Waals surface area contributed by atoms with Crippen molar-refractivity contribution in [1.82, 2.24) is 0 Å². The van der Waals surface area contributed by atoms with Crippen LogP contribution >= 0.6 is 0 Å². The number of rotatable bonds is 8. The van der Waals surface area contributed by atoms with Gasteiger partial charge in [-0.3, -0.25) is 0 Å². The zero-order valence-corrected chi connectivity index (χ0v) is 76.8. The van der Waals surface area contributed by atoms with Gasteiger partial charge in [0.2, 0.25) is 22.8 Å². The first kappa shape index (κ1) is 82.7. The van der Waals surface area contributed by atoms with Crippen LogP contribution in [-0.4, -0.2) is 0 Å². The van der Waals surface area contributed by atoms with Crippen LogP contribution in [0.3, 0.4) is 0 Å². The smallest absolute Gasteiger partial charge is 0.201 e. The molecule has 20 rings (SSSR count). The van der Waals surface area contributed by atoms with Crippen molar-refractivity contribution >= 4 is 0 Å². The lowest BCUT2D eigenvalue weighted by Crippen LogP contribution is -2.32. The van der Waals surface area contributed by atoms with Crippen molar-refractivity contribution in [2.45, 2.75) is 276 Å². The van der Waals surface area contributed by atoms with Crippen LogP contribution in [0, 0.1) is 93.9 Å². The molecule has 8 aliphatic carbocycles. The lowest BCUT2D eigenvalue weighted by molar-refractivity contribution is -0.660. The summed E-state index contributed by atoms with van der Waals surface area (Å²) in [6.07, 6.45) is 37.9. The maximum absolute atomic E-state index is 2.54. The molecular weight excluding hydrogens is 1450 g/mol. The fraction of sp³-hybridized carbons (Fsp3) is 0.414. The molecule has 616 valence electrons. The van der Waals surface area contributed by atoms with E-state index in [2.05, 4.69) is 328 Å². The fourth-order valence-corrected chi connectivity index (χ4v) is 23.4. The predicted octanol–water partition coefficient (Wildman–Crippen LogP) is 28.2. The van der Waals surface area contributed by atoms with Gasteiger partial charge in [0.1, 0.15) is 28.2 Å². The number of fused-ring (bicyclic) bond motifs is 12. The van der Waals surface area contributed by atoms with Gasteiger partial charge in [0.15, 0.2) is 24.8 Å². The lowest BCUT2D eigenvalue weighted by atomic mass is 9.70. The second kappa shape index (κ2) is 33.3. The molecule has 4 heterocycles. The molecule has 0 N–H and O–H groups in total. The Labute approximate surface area is 721 Å². The molecule has 4 heteroatoms. The molecule has 0 radical (unpaired) electrons. The van der Waals surface area contributed by atoms with Gasteiger partial charge < -0.3 is 0 Å². The molecule has 0 atom stereocenters. The number of aromatic nitrogens is 4.